The molecule has 92 valence electrons. The Balaban J connectivity index is 2.83. The van der Waals surface area contributed by atoms with Gasteiger partial charge < -0.3 is 14.2 Å². The molecule has 0 heterocycles. The van der Waals surface area contributed by atoms with Gasteiger partial charge in [-0.2, -0.15) is 0 Å². The summed E-state index contributed by atoms with van der Waals surface area (Å²) in [7, 11) is 4.56. The van der Waals surface area contributed by atoms with Crippen molar-refractivity contribution in [2.75, 3.05) is 21.3 Å². The molecule has 0 unspecified atom stereocenters. The highest BCUT2D eigenvalue weighted by molar-refractivity contribution is 5.73. The topological polar surface area (TPSA) is 44.8 Å². The Bertz CT molecular complexity index is 410. The van der Waals surface area contributed by atoms with Crippen LogP contribution in [0.15, 0.2) is 24.3 Å². The van der Waals surface area contributed by atoms with Crippen molar-refractivity contribution in [2.45, 2.75) is 6.42 Å². The Kier molecular flexibility index (Phi) is 5.07. The van der Waals surface area contributed by atoms with Crippen LogP contribution in [0.4, 0.5) is 0 Å². The third-order valence-corrected chi connectivity index (χ3v) is 2.25. The highest BCUT2D eigenvalue weighted by atomic mass is 16.5. The summed E-state index contributed by atoms with van der Waals surface area (Å²) in [6, 6.07) is 5.47. The van der Waals surface area contributed by atoms with E-state index in [0.29, 0.717) is 0 Å². The highest BCUT2D eigenvalue weighted by Crippen LogP contribution is 2.25. The fourth-order valence-corrected chi connectivity index (χ4v) is 1.34. The Morgan fingerprint density at radius 1 is 1.24 bits per heavy atom. The van der Waals surface area contributed by atoms with E-state index in [9.17, 15) is 4.79 Å². The SMILES string of the molecule is COC(=O)C/C=C/c1cc(OC)ccc1OC. The van der Waals surface area contributed by atoms with Crippen LogP contribution < -0.4 is 9.47 Å². The van der Waals surface area contributed by atoms with Gasteiger partial charge in [-0.1, -0.05) is 12.2 Å². The molecular formula is C13H16O4. The second-order valence-electron chi connectivity index (χ2n) is 3.29. The van der Waals surface area contributed by atoms with Crippen LogP contribution in [0.2, 0.25) is 0 Å². The van der Waals surface area contributed by atoms with Crippen molar-refractivity contribution < 1.29 is 19.0 Å². The third kappa shape index (κ3) is 3.83. The number of hydrogen-bond acceptors (Lipinski definition) is 4. The predicted octanol–water partition coefficient (Wildman–Crippen LogP) is 2.28. The van der Waals surface area contributed by atoms with Crippen LogP contribution in [0.25, 0.3) is 6.08 Å². The minimum absolute atomic E-state index is 0.233. The van der Waals surface area contributed by atoms with E-state index >= 15 is 0 Å². The van der Waals surface area contributed by atoms with Crippen LogP contribution in [0.5, 0.6) is 11.5 Å². The fraction of sp³-hybridized carbons (Fsp3) is 0.308. The van der Waals surface area contributed by atoms with Crippen LogP contribution in [0.1, 0.15) is 12.0 Å². The van der Waals surface area contributed by atoms with Gasteiger partial charge in [-0.15, -0.1) is 0 Å². The first-order valence-corrected chi connectivity index (χ1v) is 5.16. The lowest BCUT2D eigenvalue weighted by Crippen LogP contribution is -1.96. The number of hydrogen-bond donors (Lipinski definition) is 0. The zero-order valence-electron chi connectivity index (χ0n) is 10.2. The van der Waals surface area contributed by atoms with E-state index in [1.165, 1.54) is 7.11 Å². The molecule has 0 saturated heterocycles. The third-order valence-electron chi connectivity index (χ3n) is 2.25. The maximum absolute atomic E-state index is 11.0. The Hall–Kier alpha value is -1.97. The average Bonchev–Trinajstić information content (AvgIpc) is 2.38. The Morgan fingerprint density at radius 2 is 2.00 bits per heavy atom. The molecule has 0 aliphatic rings. The highest BCUT2D eigenvalue weighted by Gasteiger charge is 2.02. The first kappa shape index (κ1) is 13.1. The molecular weight excluding hydrogens is 220 g/mol. The number of carbonyl (C=O) groups excluding carboxylic acids is 1. The Morgan fingerprint density at radius 3 is 2.59 bits per heavy atom. The molecule has 0 bridgehead atoms. The summed E-state index contributed by atoms with van der Waals surface area (Å²) < 4.78 is 14.9. The average molecular weight is 236 g/mol. The molecule has 4 heteroatoms. The van der Waals surface area contributed by atoms with E-state index in [2.05, 4.69) is 4.74 Å². The molecule has 17 heavy (non-hydrogen) atoms. The quantitative estimate of drug-likeness (QED) is 0.736. The molecule has 0 saturated carbocycles. The monoisotopic (exact) mass is 236 g/mol. The summed E-state index contributed by atoms with van der Waals surface area (Å²) in [6.07, 6.45) is 3.76. The van der Waals surface area contributed by atoms with Gasteiger partial charge in [0.1, 0.15) is 11.5 Å². The van der Waals surface area contributed by atoms with Gasteiger partial charge in [0.2, 0.25) is 0 Å². The summed E-state index contributed by atoms with van der Waals surface area (Å²) in [5, 5.41) is 0. The second-order valence-corrected chi connectivity index (χ2v) is 3.29. The zero-order valence-corrected chi connectivity index (χ0v) is 10.2. The summed E-state index contributed by atoms with van der Waals surface area (Å²) in [6.45, 7) is 0. The van der Waals surface area contributed by atoms with Gasteiger partial charge >= 0.3 is 5.97 Å². The minimum atomic E-state index is -0.275. The number of esters is 1. The van der Waals surface area contributed by atoms with Gasteiger partial charge in [-0.3, -0.25) is 4.79 Å². The molecule has 0 spiro atoms. The zero-order chi connectivity index (χ0) is 12.7. The predicted molar refractivity (Wildman–Crippen MR) is 65.2 cm³/mol. The number of carbonyl (C=O) groups is 1. The Labute approximate surface area is 101 Å². The molecule has 0 aromatic heterocycles. The van der Waals surface area contributed by atoms with Crippen molar-refractivity contribution in [2.24, 2.45) is 0 Å². The van der Waals surface area contributed by atoms with Gasteiger partial charge in [-0.25, -0.2) is 0 Å². The molecule has 1 aromatic rings. The van der Waals surface area contributed by atoms with Crippen LogP contribution in [0, 0.1) is 0 Å². The van der Waals surface area contributed by atoms with Crippen LogP contribution in [0.3, 0.4) is 0 Å². The summed E-state index contributed by atoms with van der Waals surface area (Å²) in [5.41, 5.74) is 0.857. The molecule has 0 fully saturated rings. The molecule has 4 nitrogen and oxygen atoms in total. The molecule has 1 rings (SSSR count). The molecule has 0 atom stereocenters. The number of methoxy groups -OCH3 is 3. The maximum Gasteiger partial charge on any atom is 0.309 e. The van der Waals surface area contributed by atoms with Crippen molar-refractivity contribution in [1.29, 1.82) is 0 Å². The summed E-state index contributed by atoms with van der Waals surface area (Å²) in [5.74, 6) is 1.19. The molecule has 0 radical (unpaired) electrons. The second kappa shape index (κ2) is 6.58. The van der Waals surface area contributed by atoms with Gasteiger partial charge in [0.25, 0.3) is 0 Å². The van der Waals surface area contributed by atoms with Crippen LogP contribution >= 0.6 is 0 Å². The van der Waals surface area contributed by atoms with E-state index in [1.54, 1.807) is 26.4 Å². The molecule has 0 N–H and O–H groups in total. The fourth-order valence-electron chi connectivity index (χ4n) is 1.34. The van der Waals surface area contributed by atoms with Crippen LogP contribution in [-0.4, -0.2) is 27.3 Å². The first-order valence-electron chi connectivity index (χ1n) is 5.16. The summed E-state index contributed by atoms with van der Waals surface area (Å²) >= 11 is 0. The normalized spacial score (nSPS) is 10.3. The van der Waals surface area contributed by atoms with Gasteiger partial charge in [0, 0.05) is 5.56 Å². The van der Waals surface area contributed by atoms with Crippen molar-refractivity contribution >= 4 is 12.0 Å². The number of benzene rings is 1. The van der Waals surface area contributed by atoms with Crippen molar-refractivity contribution in [3.05, 3.63) is 29.8 Å². The van der Waals surface area contributed by atoms with Gasteiger partial charge in [0.15, 0.2) is 0 Å². The smallest absolute Gasteiger partial charge is 0.309 e. The molecule has 1 aromatic carbocycles. The van der Waals surface area contributed by atoms with Gasteiger partial charge in [0.05, 0.1) is 27.8 Å². The number of rotatable bonds is 5. The largest absolute Gasteiger partial charge is 0.497 e. The lowest BCUT2D eigenvalue weighted by atomic mass is 10.1. The van der Waals surface area contributed by atoms with Crippen LogP contribution in [-0.2, 0) is 9.53 Å². The van der Waals surface area contributed by atoms with E-state index in [1.807, 2.05) is 18.2 Å². The summed E-state index contributed by atoms with van der Waals surface area (Å²) in [4.78, 5) is 11.0. The number of ether oxygens (including phenoxy) is 3. The van der Waals surface area contributed by atoms with Crippen molar-refractivity contribution in [3.8, 4) is 11.5 Å². The van der Waals surface area contributed by atoms with E-state index < -0.39 is 0 Å². The molecule has 0 aliphatic heterocycles. The lowest BCUT2D eigenvalue weighted by molar-refractivity contribution is -0.139. The van der Waals surface area contributed by atoms with E-state index in [-0.39, 0.29) is 12.4 Å². The van der Waals surface area contributed by atoms with Crippen molar-refractivity contribution in [3.63, 3.8) is 0 Å². The standard InChI is InChI=1S/C13H16O4/c1-15-11-7-8-12(16-2)10(9-11)5-4-6-13(14)17-3/h4-5,7-9H,6H2,1-3H3/b5-4+. The maximum atomic E-state index is 11.0. The minimum Gasteiger partial charge on any atom is -0.497 e. The van der Waals surface area contributed by atoms with E-state index in [4.69, 9.17) is 9.47 Å². The van der Waals surface area contributed by atoms with E-state index in [0.717, 1.165) is 17.1 Å². The molecule has 0 amide bonds. The van der Waals surface area contributed by atoms with Gasteiger partial charge in [-0.05, 0) is 18.2 Å². The molecule has 0 aliphatic carbocycles. The van der Waals surface area contributed by atoms with Crippen molar-refractivity contribution in [1.82, 2.24) is 0 Å². The lowest BCUT2D eigenvalue weighted by Gasteiger charge is -2.06. The first-order chi connectivity index (χ1) is 8.21.